The average Bonchev–Trinajstić information content (AvgIpc) is 3.38. The first-order valence-corrected chi connectivity index (χ1v) is 10.9. The van der Waals surface area contributed by atoms with E-state index >= 15 is 0 Å². The van der Waals surface area contributed by atoms with Gasteiger partial charge in [-0.15, -0.1) is 0 Å². The Bertz CT molecular complexity index is 910. The smallest absolute Gasteiger partial charge is 0.222 e. The third-order valence-electron chi connectivity index (χ3n) is 7.16. The average molecular weight is 397 g/mol. The zero-order chi connectivity index (χ0) is 20.0. The summed E-state index contributed by atoms with van der Waals surface area (Å²) >= 11 is 0. The predicted octanol–water partition coefficient (Wildman–Crippen LogP) is 3.12. The maximum Gasteiger partial charge on any atom is 0.222 e. The van der Waals surface area contributed by atoms with Crippen molar-refractivity contribution in [2.24, 2.45) is 11.8 Å². The molecule has 2 aromatic rings. The monoisotopic (exact) mass is 396 g/mol. The first kappa shape index (κ1) is 18.8. The molecule has 1 N–H and O–H groups in total. The lowest BCUT2D eigenvalue weighted by atomic mass is 9.89. The molecule has 2 fully saturated rings. The van der Waals surface area contributed by atoms with Crippen molar-refractivity contribution >= 4 is 5.91 Å². The molecule has 5 rings (SSSR count). The molecule has 3 aliphatic rings. The summed E-state index contributed by atoms with van der Waals surface area (Å²) in [7, 11) is 2.11. The summed E-state index contributed by atoms with van der Waals surface area (Å²) in [6.07, 6.45) is 5.87. The molecule has 0 unspecified atom stereocenters. The van der Waals surface area contributed by atoms with Gasteiger partial charge in [0.15, 0.2) is 0 Å². The van der Waals surface area contributed by atoms with E-state index in [1.54, 1.807) is 12.1 Å². The second-order valence-electron chi connectivity index (χ2n) is 9.00. The molecule has 5 nitrogen and oxygen atoms in total. The molecule has 154 valence electrons. The number of nitrogens with one attached hydrogen (secondary N) is 1. The van der Waals surface area contributed by atoms with Crippen LogP contribution in [0.15, 0.2) is 24.3 Å². The van der Waals surface area contributed by atoms with Gasteiger partial charge in [0, 0.05) is 50.1 Å². The fraction of sp³-hybridized carbons (Fsp3) is 0.565. The third-order valence-corrected chi connectivity index (χ3v) is 7.16. The van der Waals surface area contributed by atoms with E-state index in [0.29, 0.717) is 18.3 Å². The number of aromatic nitrogens is 2. The fourth-order valence-corrected chi connectivity index (χ4v) is 5.79. The van der Waals surface area contributed by atoms with E-state index in [1.165, 1.54) is 30.2 Å². The van der Waals surface area contributed by atoms with E-state index in [4.69, 9.17) is 0 Å². The van der Waals surface area contributed by atoms with Crippen LogP contribution in [0.4, 0.5) is 4.39 Å². The van der Waals surface area contributed by atoms with E-state index in [1.807, 2.05) is 11.0 Å². The number of benzene rings is 1. The first-order chi connectivity index (χ1) is 14.1. The highest BCUT2D eigenvalue weighted by molar-refractivity contribution is 5.77. The van der Waals surface area contributed by atoms with Crippen LogP contribution in [0.5, 0.6) is 0 Å². The summed E-state index contributed by atoms with van der Waals surface area (Å²) in [5.74, 6) is 0.888. The number of carbonyl (C=O) groups is 1. The molecule has 1 aromatic heterocycles. The molecule has 6 heteroatoms. The Morgan fingerprint density at radius 1 is 1.24 bits per heavy atom. The molecule has 0 bridgehead atoms. The molecule has 2 aliphatic heterocycles. The molecule has 1 amide bonds. The van der Waals surface area contributed by atoms with Gasteiger partial charge in [-0.2, -0.15) is 5.10 Å². The quantitative estimate of drug-likeness (QED) is 0.864. The molecule has 29 heavy (non-hydrogen) atoms. The van der Waals surface area contributed by atoms with Crippen LogP contribution in [0.25, 0.3) is 0 Å². The number of hydrogen-bond donors (Lipinski definition) is 1. The molecule has 0 saturated carbocycles. The van der Waals surface area contributed by atoms with Crippen LogP contribution in [0.3, 0.4) is 0 Å². The SMILES string of the molecule is CN1C[C@H]2CN(C(=O)CCc3n[nH]c4c3CCCC4)C[C@H]2[C@@H]1c1cccc(F)c1. The number of aromatic amines is 1. The Balaban J connectivity index is 1.23. The van der Waals surface area contributed by atoms with E-state index < -0.39 is 0 Å². The standard InChI is InChI=1S/C23H29FN4O/c1-27-12-16-13-28(14-19(16)23(27)15-5-4-6-17(24)11-15)22(29)10-9-21-18-7-2-3-8-20(18)25-26-21/h4-6,11,16,19,23H,2-3,7-10,12-14H2,1H3,(H,25,26)/t16-,19+,23-/m0/s1. The highest BCUT2D eigenvalue weighted by Gasteiger charge is 2.47. The van der Waals surface area contributed by atoms with Crippen molar-refractivity contribution in [2.75, 3.05) is 26.7 Å². The molecule has 3 heterocycles. The summed E-state index contributed by atoms with van der Waals surface area (Å²) in [4.78, 5) is 17.3. The van der Waals surface area contributed by atoms with Crippen LogP contribution in [-0.4, -0.2) is 52.6 Å². The van der Waals surface area contributed by atoms with Crippen molar-refractivity contribution in [3.63, 3.8) is 0 Å². The van der Waals surface area contributed by atoms with Gasteiger partial charge in [0.25, 0.3) is 0 Å². The second-order valence-corrected chi connectivity index (χ2v) is 9.00. The number of H-pyrrole nitrogens is 1. The fourth-order valence-electron chi connectivity index (χ4n) is 5.79. The van der Waals surface area contributed by atoms with Gasteiger partial charge in [0.05, 0.1) is 5.69 Å². The Labute approximate surface area is 171 Å². The number of hydrogen-bond acceptors (Lipinski definition) is 3. The highest BCUT2D eigenvalue weighted by Crippen LogP contribution is 2.44. The molecule has 1 aromatic carbocycles. The number of rotatable bonds is 4. The normalized spacial score (nSPS) is 26.6. The summed E-state index contributed by atoms with van der Waals surface area (Å²) in [5, 5.41) is 7.66. The van der Waals surface area contributed by atoms with Crippen LogP contribution in [-0.2, 0) is 24.1 Å². The number of fused-ring (bicyclic) bond motifs is 2. The first-order valence-electron chi connectivity index (χ1n) is 10.9. The molecule has 2 saturated heterocycles. The Morgan fingerprint density at radius 3 is 2.97 bits per heavy atom. The van der Waals surface area contributed by atoms with Gasteiger partial charge in [-0.3, -0.25) is 14.8 Å². The van der Waals surface area contributed by atoms with Gasteiger partial charge in [0.1, 0.15) is 5.82 Å². The maximum atomic E-state index is 13.8. The predicted molar refractivity (Wildman–Crippen MR) is 109 cm³/mol. The lowest BCUT2D eigenvalue weighted by molar-refractivity contribution is -0.130. The van der Waals surface area contributed by atoms with E-state index in [2.05, 4.69) is 22.1 Å². The Kier molecular flexibility index (Phi) is 4.90. The largest absolute Gasteiger partial charge is 0.342 e. The minimum absolute atomic E-state index is 0.187. The third kappa shape index (κ3) is 3.48. The second kappa shape index (κ2) is 7.56. The lowest BCUT2D eigenvalue weighted by Gasteiger charge is -2.27. The molecule has 0 radical (unpaired) electrons. The van der Waals surface area contributed by atoms with Gasteiger partial charge in [-0.05, 0) is 61.9 Å². The zero-order valence-corrected chi connectivity index (χ0v) is 17.0. The Hall–Kier alpha value is -2.21. The Morgan fingerprint density at radius 2 is 2.10 bits per heavy atom. The van der Waals surface area contributed by atoms with Crippen LogP contribution in [0.2, 0.25) is 0 Å². The zero-order valence-electron chi connectivity index (χ0n) is 17.0. The van der Waals surface area contributed by atoms with Gasteiger partial charge >= 0.3 is 0 Å². The lowest BCUT2D eigenvalue weighted by Crippen LogP contribution is -2.33. The van der Waals surface area contributed by atoms with Crippen molar-refractivity contribution in [1.29, 1.82) is 0 Å². The van der Waals surface area contributed by atoms with Crippen LogP contribution in [0.1, 0.15) is 47.8 Å². The number of amides is 1. The highest BCUT2D eigenvalue weighted by atomic mass is 19.1. The maximum absolute atomic E-state index is 13.8. The van der Waals surface area contributed by atoms with Crippen molar-refractivity contribution in [3.05, 3.63) is 52.6 Å². The minimum atomic E-state index is -0.187. The summed E-state index contributed by atoms with van der Waals surface area (Å²) in [6, 6.07) is 7.13. The van der Waals surface area contributed by atoms with E-state index in [0.717, 1.165) is 50.2 Å². The summed E-state index contributed by atoms with van der Waals surface area (Å²) < 4.78 is 13.8. The molecule has 3 atom stereocenters. The minimum Gasteiger partial charge on any atom is -0.342 e. The topological polar surface area (TPSA) is 52.2 Å². The number of likely N-dealkylation sites (tertiary alicyclic amines) is 2. The van der Waals surface area contributed by atoms with Crippen molar-refractivity contribution in [2.45, 2.75) is 44.6 Å². The van der Waals surface area contributed by atoms with Crippen LogP contribution in [0, 0.1) is 17.7 Å². The number of halogens is 1. The van der Waals surface area contributed by atoms with Crippen LogP contribution >= 0.6 is 0 Å². The van der Waals surface area contributed by atoms with Crippen molar-refractivity contribution in [3.8, 4) is 0 Å². The number of aryl methyl sites for hydroxylation is 2. The molecule has 1 aliphatic carbocycles. The van der Waals surface area contributed by atoms with Gasteiger partial charge in [-0.1, -0.05) is 12.1 Å². The number of nitrogens with zero attached hydrogens (tertiary/aromatic N) is 3. The molecular weight excluding hydrogens is 367 g/mol. The van der Waals surface area contributed by atoms with Crippen molar-refractivity contribution < 1.29 is 9.18 Å². The van der Waals surface area contributed by atoms with E-state index in [9.17, 15) is 9.18 Å². The molecular formula is C23H29FN4O. The summed E-state index contributed by atoms with van der Waals surface area (Å²) in [5.41, 5.74) is 4.74. The molecule has 0 spiro atoms. The van der Waals surface area contributed by atoms with E-state index in [-0.39, 0.29) is 17.8 Å². The van der Waals surface area contributed by atoms with Crippen molar-refractivity contribution in [1.82, 2.24) is 20.0 Å². The summed E-state index contributed by atoms with van der Waals surface area (Å²) in [6.45, 7) is 2.55. The van der Waals surface area contributed by atoms with Crippen LogP contribution < -0.4 is 0 Å². The number of carbonyl (C=O) groups excluding carboxylic acids is 1. The van der Waals surface area contributed by atoms with Gasteiger partial charge < -0.3 is 4.90 Å². The van der Waals surface area contributed by atoms with Gasteiger partial charge in [0.2, 0.25) is 5.91 Å². The van der Waals surface area contributed by atoms with Gasteiger partial charge in [-0.25, -0.2) is 4.39 Å².